The molecule has 0 radical (unpaired) electrons. The first-order valence-corrected chi connectivity index (χ1v) is 12.0. The summed E-state index contributed by atoms with van der Waals surface area (Å²) in [6, 6.07) is 10.3. The van der Waals surface area contributed by atoms with Crippen molar-refractivity contribution in [2.45, 2.75) is 29.7 Å². The fraction of sp³-hybridized carbons (Fsp3) is 0.273. The minimum Gasteiger partial charge on any atom is -0.393 e. The van der Waals surface area contributed by atoms with Gasteiger partial charge in [0, 0.05) is 29.9 Å². The number of pyridine rings is 1. The van der Waals surface area contributed by atoms with Gasteiger partial charge in [-0.1, -0.05) is 11.8 Å². The molecule has 0 saturated carbocycles. The van der Waals surface area contributed by atoms with E-state index in [1.807, 2.05) is 10.3 Å². The van der Waals surface area contributed by atoms with Gasteiger partial charge >= 0.3 is 0 Å². The van der Waals surface area contributed by atoms with Crippen LogP contribution < -0.4 is 16.0 Å². The van der Waals surface area contributed by atoms with Crippen molar-refractivity contribution in [3.63, 3.8) is 0 Å². The molecule has 11 heteroatoms. The third-order valence-corrected chi connectivity index (χ3v) is 6.99. The van der Waals surface area contributed by atoms with Crippen molar-refractivity contribution in [2.24, 2.45) is 0 Å². The third kappa shape index (κ3) is 5.17. The van der Waals surface area contributed by atoms with Gasteiger partial charge in [0.1, 0.15) is 39.9 Å². The molecule has 1 saturated heterocycles. The second-order valence-corrected chi connectivity index (χ2v) is 9.23. The van der Waals surface area contributed by atoms with Crippen LogP contribution in [0.2, 0.25) is 0 Å². The molecule has 0 atom stereocenters. The smallest absolute Gasteiger partial charge is 0.187 e. The average Bonchev–Trinajstić information content (AvgIpc) is 3.26. The van der Waals surface area contributed by atoms with E-state index < -0.39 is 0 Å². The summed E-state index contributed by atoms with van der Waals surface area (Å²) in [5, 5.41) is 35.5. The van der Waals surface area contributed by atoms with E-state index in [4.69, 9.17) is 5.73 Å². The quantitative estimate of drug-likeness (QED) is 0.446. The minimum atomic E-state index is -0.382. The lowest BCUT2D eigenvalue weighted by molar-refractivity contribution is 0.145. The summed E-state index contributed by atoms with van der Waals surface area (Å²) in [6.07, 6.45) is 0.736. The second kappa shape index (κ2) is 10.0. The van der Waals surface area contributed by atoms with E-state index >= 15 is 0 Å². The molecule has 0 aliphatic carbocycles. The number of nitriles is 2. The van der Waals surface area contributed by atoms with Gasteiger partial charge in [0.2, 0.25) is 0 Å². The van der Waals surface area contributed by atoms with Crippen molar-refractivity contribution in [1.29, 1.82) is 10.5 Å². The van der Waals surface area contributed by atoms with E-state index in [-0.39, 0.29) is 23.3 Å². The Balaban J connectivity index is 1.54. The molecule has 4 rings (SSSR count). The third-order valence-electron chi connectivity index (χ3n) is 5.17. The van der Waals surface area contributed by atoms with Crippen LogP contribution in [-0.2, 0) is 5.75 Å². The number of nitrogens with zero attached hydrogens (tertiary/aromatic N) is 5. The Hall–Kier alpha value is -3.38. The molecule has 4 N–H and O–H groups in total. The molecule has 1 aliphatic heterocycles. The minimum absolute atomic E-state index is 0.0806. The number of aliphatic hydroxyl groups excluding tert-OH is 1. The fourth-order valence-electron chi connectivity index (χ4n) is 3.52. The summed E-state index contributed by atoms with van der Waals surface area (Å²) in [7, 11) is 0. The predicted octanol–water partition coefficient (Wildman–Crippen LogP) is 4.00. The fourth-order valence-corrected chi connectivity index (χ4v) is 5.24. The number of benzene rings is 1. The molecule has 0 bridgehead atoms. The highest BCUT2D eigenvalue weighted by atomic mass is 32.2. The van der Waals surface area contributed by atoms with Gasteiger partial charge in [-0.25, -0.2) is 14.4 Å². The molecule has 0 amide bonds. The van der Waals surface area contributed by atoms with Crippen LogP contribution >= 0.6 is 23.1 Å². The number of thiazole rings is 1. The van der Waals surface area contributed by atoms with Crippen molar-refractivity contribution in [3.8, 4) is 12.1 Å². The van der Waals surface area contributed by atoms with E-state index in [1.54, 1.807) is 12.1 Å². The molecule has 168 valence electrons. The van der Waals surface area contributed by atoms with Crippen LogP contribution in [0.3, 0.4) is 0 Å². The molecule has 1 aliphatic rings. The molecule has 8 nitrogen and oxygen atoms in total. The van der Waals surface area contributed by atoms with Crippen LogP contribution in [0, 0.1) is 28.5 Å². The molecule has 3 heterocycles. The predicted molar refractivity (Wildman–Crippen MR) is 127 cm³/mol. The van der Waals surface area contributed by atoms with E-state index in [9.17, 15) is 20.0 Å². The number of rotatable bonds is 6. The number of anilines is 4. The van der Waals surface area contributed by atoms with Gasteiger partial charge in [-0.05, 0) is 37.1 Å². The molecular formula is C22H20FN7OS2. The number of aromatic nitrogens is 2. The summed E-state index contributed by atoms with van der Waals surface area (Å²) in [6.45, 7) is 1.06. The standard InChI is InChI=1S/C22H20FN7OS2/c23-13-1-3-14(4-2-13)27-22-28-15(12-33-22)11-32-21-18(10-25)19(17(9-24)20(26)29-21)30-7-5-16(31)6-8-30/h1-4,12,16,31H,5-8,11H2,(H2,26,29)(H,27,28). The van der Waals surface area contributed by atoms with Crippen molar-refractivity contribution in [2.75, 3.05) is 29.0 Å². The number of piperidine rings is 1. The first-order valence-electron chi connectivity index (χ1n) is 10.1. The van der Waals surface area contributed by atoms with Crippen LogP contribution in [-0.4, -0.2) is 34.3 Å². The summed E-state index contributed by atoms with van der Waals surface area (Å²) in [5.41, 5.74) is 8.57. The molecule has 33 heavy (non-hydrogen) atoms. The molecule has 0 spiro atoms. The number of aliphatic hydroxyl groups is 1. The van der Waals surface area contributed by atoms with E-state index in [0.717, 1.165) is 11.4 Å². The average molecular weight is 482 g/mol. The Kier molecular flexibility index (Phi) is 6.94. The van der Waals surface area contributed by atoms with E-state index in [2.05, 4.69) is 27.4 Å². The number of halogens is 1. The van der Waals surface area contributed by atoms with Gasteiger partial charge in [-0.15, -0.1) is 11.3 Å². The molecule has 3 aromatic rings. The maximum absolute atomic E-state index is 13.1. The van der Waals surface area contributed by atoms with Crippen molar-refractivity contribution in [1.82, 2.24) is 9.97 Å². The van der Waals surface area contributed by atoms with Crippen LogP contribution in [0.4, 0.5) is 26.7 Å². The Morgan fingerprint density at radius 3 is 2.55 bits per heavy atom. The molecule has 1 fully saturated rings. The molecule has 1 aromatic carbocycles. The van der Waals surface area contributed by atoms with Crippen LogP contribution in [0.25, 0.3) is 0 Å². The van der Waals surface area contributed by atoms with Gasteiger partial charge in [-0.2, -0.15) is 10.5 Å². The number of thioether (sulfide) groups is 1. The molecule has 0 unspecified atom stereocenters. The maximum Gasteiger partial charge on any atom is 0.187 e. The largest absolute Gasteiger partial charge is 0.393 e. The SMILES string of the molecule is N#Cc1c(N)nc(SCc2csc(Nc3ccc(F)cc3)n2)c(C#N)c1N1CCC(O)CC1. The first-order chi connectivity index (χ1) is 16.0. The van der Waals surface area contributed by atoms with Crippen molar-refractivity contribution >= 4 is 45.4 Å². The summed E-state index contributed by atoms with van der Waals surface area (Å²) in [4.78, 5) is 10.8. The highest BCUT2D eigenvalue weighted by Crippen LogP contribution is 2.37. The Labute approximate surface area is 198 Å². The normalized spacial score (nSPS) is 14.0. The van der Waals surface area contributed by atoms with Crippen LogP contribution in [0.15, 0.2) is 34.7 Å². The zero-order chi connectivity index (χ0) is 23.4. The summed E-state index contributed by atoms with van der Waals surface area (Å²) < 4.78 is 13.1. The lowest BCUT2D eigenvalue weighted by Gasteiger charge is -2.33. The monoisotopic (exact) mass is 481 g/mol. The van der Waals surface area contributed by atoms with Gasteiger partial charge in [0.05, 0.1) is 17.5 Å². The number of nitrogen functional groups attached to an aromatic ring is 1. The van der Waals surface area contributed by atoms with E-state index in [1.165, 1.54) is 35.2 Å². The maximum atomic E-state index is 13.1. The van der Waals surface area contributed by atoms with Crippen molar-refractivity contribution in [3.05, 3.63) is 52.3 Å². The number of nitrogens with one attached hydrogen (secondary N) is 1. The highest BCUT2D eigenvalue weighted by molar-refractivity contribution is 7.98. The number of hydrogen-bond donors (Lipinski definition) is 3. The lowest BCUT2D eigenvalue weighted by Crippen LogP contribution is -2.37. The zero-order valence-electron chi connectivity index (χ0n) is 17.5. The molecule has 2 aromatic heterocycles. The van der Waals surface area contributed by atoms with Crippen LogP contribution in [0.1, 0.15) is 29.7 Å². The Bertz CT molecular complexity index is 1230. The summed E-state index contributed by atoms with van der Waals surface area (Å²) >= 11 is 2.74. The van der Waals surface area contributed by atoms with Crippen LogP contribution in [0.5, 0.6) is 0 Å². The van der Waals surface area contributed by atoms with Crippen molar-refractivity contribution < 1.29 is 9.50 Å². The van der Waals surface area contributed by atoms with Gasteiger partial charge in [0.15, 0.2) is 5.13 Å². The topological polar surface area (TPSA) is 135 Å². The second-order valence-electron chi connectivity index (χ2n) is 7.41. The number of nitrogens with two attached hydrogens (primary N) is 1. The summed E-state index contributed by atoms with van der Waals surface area (Å²) in [5.74, 6) is 0.226. The highest BCUT2D eigenvalue weighted by Gasteiger charge is 2.26. The Morgan fingerprint density at radius 1 is 1.18 bits per heavy atom. The Morgan fingerprint density at radius 2 is 1.88 bits per heavy atom. The number of hydrogen-bond acceptors (Lipinski definition) is 10. The first kappa shape index (κ1) is 22.8. The van der Waals surface area contributed by atoms with Gasteiger partial charge in [-0.3, -0.25) is 0 Å². The van der Waals surface area contributed by atoms with Gasteiger partial charge < -0.3 is 21.1 Å². The van der Waals surface area contributed by atoms with Gasteiger partial charge in [0.25, 0.3) is 0 Å². The lowest BCUT2D eigenvalue weighted by atomic mass is 10.0. The zero-order valence-corrected chi connectivity index (χ0v) is 19.1. The molecular weight excluding hydrogens is 461 g/mol. The van der Waals surface area contributed by atoms with E-state index in [0.29, 0.717) is 53.1 Å².